The minimum absolute atomic E-state index is 0.0961. The molecule has 2 aromatic rings. The van der Waals surface area contributed by atoms with E-state index in [1.807, 2.05) is 48.5 Å². The molecule has 0 aromatic heterocycles. The maximum atomic E-state index is 12.3. The first-order valence-electron chi connectivity index (χ1n) is 6.61. The number of rotatable bonds is 3. The van der Waals surface area contributed by atoms with Gasteiger partial charge in [0, 0.05) is 10.5 Å². The van der Waals surface area contributed by atoms with Gasteiger partial charge in [-0.15, -0.1) is 0 Å². The van der Waals surface area contributed by atoms with Gasteiger partial charge in [0.25, 0.3) is 0 Å². The molecular formula is C17H19O2P. The first-order chi connectivity index (χ1) is 9.48. The van der Waals surface area contributed by atoms with Crippen molar-refractivity contribution < 1.29 is 9.32 Å². The summed E-state index contributed by atoms with van der Waals surface area (Å²) >= 11 is 0. The molecule has 0 heterocycles. The molecule has 0 aliphatic carbocycles. The van der Waals surface area contributed by atoms with Crippen molar-refractivity contribution in [3.05, 3.63) is 66.2 Å². The Kier molecular flexibility index (Phi) is 4.57. The Balaban J connectivity index is 2.24. The third kappa shape index (κ3) is 3.68. The van der Waals surface area contributed by atoms with Crippen LogP contribution in [0.15, 0.2) is 60.7 Å². The van der Waals surface area contributed by atoms with Crippen LogP contribution in [0.25, 0.3) is 0 Å². The summed E-state index contributed by atoms with van der Waals surface area (Å²) in [5, 5.41) is 0.987. The van der Waals surface area contributed by atoms with Crippen LogP contribution in [-0.4, -0.2) is 11.1 Å². The van der Waals surface area contributed by atoms with Gasteiger partial charge in [-0.3, -0.25) is 0 Å². The van der Waals surface area contributed by atoms with E-state index in [1.54, 1.807) is 12.1 Å². The first-order valence-corrected chi connectivity index (χ1v) is 7.87. The van der Waals surface area contributed by atoms with Gasteiger partial charge in [0.1, 0.15) is 8.15 Å². The summed E-state index contributed by atoms with van der Waals surface area (Å²) in [6.07, 6.45) is 0. The van der Waals surface area contributed by atoms with E-state index in [1.165, 1.54) is 0 Å². The fourth-order valence-corrected chi connectivity index (χ4v) is 3.72. The molecule has 0 aliphatic rings. The number of hydrogen-bond donors (Lipinski definition) is 0. The minimum atomic E-state index is -1.01. The van der Waals surface area contributed by atoms with E-state index in [9.17, 15) is 4.79 Å². The van der Waals surface area contributed by atoms with Crippen LogP contribution in [0, 0.1) is 0 Å². The summed E-state index contributed by atoms with van der Waals surface area (Å²) in [5.74, 6) is -0.254. The molecule has 1 unspecified atom stereocenters. The SMILES string of the molecule is CC(C)(C)P(OC(=O)c1ccccc1)c1ccccc1. The summed E-state index contributed by atoms with van der Waals surface area (Å²) in [6.45, 7) is 6.30. The predicted octanol–water partition coefficient (Wildman–Crippen LogP) is 4.36. The van der Waals surface area contributed by atoms with Crippen molar-refractivity contribution in [3.8, 4) is 0 Å². The molecule has 0 amide bonds. The molecule has 0 N–H and O–H groups in total. The van der Waals surface area contributed by atoms with Crippen LogP contribution in [0.4, 0.5) is 0 Å². The summed E-state index contributed by atoms with van der Waals surface area (Å²) in [6, 6.07) is 19.1. The second-order valence-electron chi connectivity index (χ2n) is 5.55. The molecule has 104 valence electrons. The second kappa shape index (κ2) is 6.19. The van der Waals surface area contributed by atoms with Crippen LogP contribution in [0.3, 0.4) is 0 Å². The van der Waals surface area contributed by atoms with E-state index in [0.29, 0.717) is 5.56 Å². The normalized spacial score (nSPS) is 12.8. The van der Waals surface area contributed by atoms with Crippen LogP contribution >= 0.6 is 8.15 Å². The van der Waals surface area contributed by atoms with Crippen LogP contribution in [0.2, 0.25) is 0 Å². The molecule has 2 aromatic carbocycles. The number of benzene rings is 2. The minimum Gasteiger partial charge on any atom is -0.436 e. The zero-order chi connectivity index (χ0) is 14.6. The van der Waals surface area contributed by atoms with Gasteiger partial charge in [-0.25, -0.2) is 4.79 Å². The second-order valence-corrected chi connectivity index (χ2v) is 8.17. The lowest BCUT2D eigenvalue weighted by molar-refractivity contribution is 0.0752. The van der Waals surface area contributed by atoms with Crippen LogP contribution in [0.5, 0.6) is 0 Å². The third-order valence-corrected chi connectivity index (χ3v) is 5.12. The van der Waals surface area contributed by atoms with Crippen LogP contribution in [0.1, 0.15) is 31.1 Å². The van der Waals surface area contributed by atoms with Crippen LogP contribution in [-0.2, 0) is 4.52 Å². The summed E-state index contributed by atoms with van der Waals surface area (Å²) in [7, 11) is -1.01. The van der Waals surface area contributed by atoms with Crippen molar-refractivity contribution >= 4 is 19.4 Å². The number of hydrogen-bond acceptors (Lipinski definition) is 2. The van der Waals surface area contributed by atoms with Crippen molar-refractivity contribution in [1.82, 2.24) is 0 Å². The van der Waals surface area contributed by atoms with E-state index in [-0.39, 0.29) is 11.1 Å². The fraction of sp³-hybridized carbons (Fsp3) is 0.235. The maximum absolute atomic E-state index is 12.3. The largest absolute Gasteiger partial charge is 0.436 e. The van der Waals surface area contributed by atoms with E-state index in [2.05, 4.69) is 20.8 Å². The molecular weight excluding hydrogens is 267 g/mol. The molecule has 0 radical (unpaired) electrons. The first kappa shape index (κ1) is 14.7. The van der Waals surface area contributed by atoms with Gasteiger partial charge in [0.15, 0.2) is 0 Å². The molecule has 0 aliphatic heterocycles. The molecule has 1 atom stereocenters. The Bertz CT molecular complexity index is 559. The van der Waals surface area contributed by atoms with Crippen LogP contribution < -0.4 is 5.30 Å². The van der Waals surface area contributed by atoms with Gasteiger partial charge in [0.05, 0.1) is 5.56 Å². The lowest BCUT2D eigenvalue weighted by atomic mass is 10.2. The van der Waals surface area contributed by atoms with Gasteiger partial charge in [0.2, 0.25) is 0 Å². The quantitative estimate of drug-likeness (QED) is 0.783. The van der Waals surface area contributed by atoms with E-state index >= 15 is 0 Å². The predicted molar refractivity (Wildman–Crippen MR) is 84.6 cm³/mol. The van der Waals surface area contributed by atoms with Gasteiger partial charge in [-0.05, 0) is 12.1 Å². The summed E-state index contributed by atoms with van der Waals surface area (Å²) in [5.41, 5.74) is 0.597. The summed E-state index contributed by atoms with van der Waals surface area (Å²) in [4.78, 5) is 12.3. The molecule has 0 bridgehead atoms. The van der Waals surface area contributed by atoms with Crippen molar-refractivity contribution in [2.24, 2.45) is 0 Å². The molecule has 0 saturated heterocycles. The van der Waals surface area contributed by atoms with Crippen molar-refractivity contribution in [2.45, 2.75) is 25.9 Å². The van der Waals surface area contributed by atoms with Gasteiger partial charge in [-0.2, -0.15) is 0 Å². The Morgan fingerprint density at radius 2 is 1.40 bits per heavy atom. The lowest BCUT2D eigenvalue weighted by Gasteiger charge is -2.29. The Morgan fingerprint density at radius 3 is 1.90 bits per heavy atom. The maximum Gasteiger partial charge on any atom is 0.341 e. The average Bonchev–Trinajstić information content (AvgIpc) is 2.45. The standard InChI is InChI=1S/C17H19O2P/c1-17(2,3)20(15-12-8-5-9-13-15)19-16(18)14-10-6-4-7-11-14/h4-13H,1-3H3. The Labute approximate surface area is 121 Å². The highest BCUT2D eigenvalue weighted by Gasteiger charge is 2.30. The van der Waals surface area contributed by atoms with Crippen molar-refractivity contribution in [3.63, 3.8) is 0 Å². The van der Waals surface area contributed by atoms with E-state index < -0.39 is 8.15 Å². The number of carbonyl (C=O) groups is 1. The molecule has 3 heteroatoms. The zero-order valence-electron chi connectivity index (χ0n) is 12.0. The van der Waals surface area contributed by atoms with E-state index in [4.69, 9.17) is 4.52 Å². The fourth-order valence-electron chi connectivity index (χ4n) is 1.85. The Hall–Kier alpha value is -1.66. The number of carbonyl (C=O) groups excluding carboxylic acids is 1. The van der Waals surface area contributed by atoms with E-state index in [0.717, 1.165) is 5.30 Å². The Morgan fingerprint density at radius 1 is 0.900 bits per heavy atom. The van der Waals surface area contributed by atoms with Crippen molar-refractivity contribution in [2.75, 3.05) is 0 Å². The smallest absolute Gasteiger partial charge is 0.341 e. The molecule has 0 fully saturated rings. The van der Waals surface area contributed by atoms with Gasteiger partial charge < -0.3 is 4.52 Å². The monoisotopic (exact) mass is 286 g/mol. The molecule has 2 rings (SSSR count). The molecule has 20 heavy (non-hydrogen) atoms. The zero-order valence-corrected chi connectivity index (χ0v) is 12.9. The highest BCUT2D eigenvalue weighted by atomic mass is 31.1. The topological polar surface area (TPSA) is 26.3 Å². The summed E-state index contributed by atoms with van der Waals surface area (Å²) < 4.78 is 5.81. The average molecular weight is 286 g/mol. The molecule has 0 saturated carbocycles. The third-order valence-electron chi connectivity index (χ3n) is 2.78. The molecule has 2 nitrogen and oxygen atoms in total. The highest BCUT2D eigenvalue weighted by molar-refractivity contribution is 7.62. The highest BCUT2D eigenvalue weighted by Crippen LogP contribution is 2.49. The molecule has 0 spiro atoms. The lowest BCUT2D eigenvalue weighted by Crippen LogP contribution is -2.22. The van der Waals surface area contributed by atoms with Gasteiger partial charge >= 0.3 is 5.97 Å². The van der Waals surface area contributed by atoms with Crippen molar-refractivity contribution in [1.29, 1.82) is 0 Å². The van der Waals surface area contributed by atoms with Gasteiger partial charge in [-0.1, -0.05) is 69.3 Å².